The monoisotopic (exact) mass is 257 g/mol. The fourth-order valence-corrected chi connectivity index (χ4v) is 2.90. The van der Waals surface area contributed by atoms with Gasteiger partial charge in [0.15, 0.2) is 0 Å². The summed E-state index contributed by atoms with van der Waals surface area (Å²) in [7, 11) is -3.51. The van der Waals surface area contributed by atoms with Crippen LogP contribution in [0.2, 0.25) is 0 Å². The minimum absolute atomic E-state index is 0.225. The Morgan fingerprint density at radius 1 is 1.35 bits per heavy atom. The van der Waals surface area contributed by atoms with E-state index in [-0.39, 0.29) is 4.90 Å². The molecule has 5 nitrogen and oxygen atoms in total. The molecule has 0 aromatic heterocycles. The smallest absolute Gasteiger partial charge is 0.265 e. The maximum absolute atomic E-state index is 12.1. The fourth-order valence-electron chi connectivity index (χ4n) is 1.61. The van der Waals surface area contributed by atoms with Gasteiger partial charge in [0.1, 0.15) is 5.75 Å². The van der Waals surface area contributed by atoms with Crippen LogP contribution in [0.15, 0.2) is 29.2 Å². The zero-order valence-electron chi connectivity index (χ0n) is 9.63. The summed E-state index contributed by atoms with van der Waals surface area (Å²) in [4.78, 5) is 5.29. The number of ether oxygens (including phenoxy) is 1. The van der Waals surface area contributed by atoms with E-state index in [1.807, 2.05) is 6.92 Å². The lowest BCUT2D eigenvalue weighted by Crippen LogP contribution is -2.26. The first-order chi connectivity index (χ1) is 8.14. The van der Waals surface area contributed by atoms with Crippen molar-refractivity contribution in [3.05, 3.63) is 24.3 Å². The fraction of sp³-hybridized carbons (Fsp3) is 0.455. The van der Waals surface area contributed by atoms with Gasteiger partial charge in [0.2, 0.25) is 0 Å². The Hall–Kier alpha value is -1.11. The van der Waals surface area contributed by atoms with Crippen LogP contribution in [0.1, 0.15) is 13.3 Å². The number of nitrogens with zero attached hydrogens (tertiary/aromatic N) is 1. The molecule has 17 heavy (non-hydrogen) atoms. The molecule has 94 valence electrons. The SMILES string of the molecule is CCOc1ccc(S(=O)(=O)N2CCCO2)cc1. The minimum atomic E-state index is -3.51. The maximum Gasteiger partial charge on any atom is 0.265 e. The van der Waals surface area contributed by atoms with Crippen LogP contribution in [0.5, 0.6) is 5.75 Å². The second kappa shape index (κ2) is 5.03. The first-order valence-electron chi connectivity index (χ1n) is 5.53. The standard InChI is InChI=1S/C11H15NO4S/c1-2-15-10-4-6-11(7-5-10)17(13,14)12-8-3-9-16-12/h4-7H,2-3,8-9H2,1H3. The molecular formula is C11H15NO4S. The largest absolute Gasteiger partial charge is 0.494 e. The van der Waals surface area contributed by atoms with Crippen molar-refractivity contribution in [1.29, 1.82) is 0 Å². The molecule has 2 rings (SSSR count). The van der Waals surface area contributed by atoms with Crippen LogP contribution in [0.25, 0.3) is 0 Å². The van der Waals surface area contributed by atoms with Gasteiger partial charge in [-0.15, -0.1) is 0 Å². The number of sulfonamides is 1. The molecule has 1 aromatic carbocycles. The van der Waals surface area contributed by atoms with E-state index in [0.717, 1.165) is 10.9 Å². The summed E-state index contributed by atoms with van der Waals surface area (Å²) in [5.74, 6) is 0.661. The number of benzene rings is 1. The maximum atomic E-state index is 12.1. The Bertz CT molecular complexity index is 463. The molecule has 1 aliphatic rings. The number of rotatable bonds is 4. The Morgan fingerprint density at radius 3 is 2.59 bits per heavy atom. The van der Waals surface area contributed by atoms with E-state index in [4.69, 9.17) is 9.57 Å². The summed E-state index contributed by atoms with van der Waals surface area (Å²) in [6.45, 7) is 3.30. The van der Waals surface area contributed by atoms with E-state index in [1.165, 1.54) is 12.1 Å². The van der Waals surface area contributed by atoms with Crippen LogP contribution in [-0.2, 0) is 14.9 Å². The van der Waals surface area contributed by atoms with Gasteiger partial charge in [-0.25, -0.2) is 8.42 Å². The molecule has 0 unspecified atom stereocenters. The van der Waals surface area contributed by atoms with Crippen molar-refractivity contribution in [3.8, 4) is 5.75 Å². The van der Waals surface area contributed by atoms with Gasteiger partial charge in [0, 0.05) is 6.54 Å². The van der Waals surface area contributed by atoms with Gasteiger partial charge in [-0.2, -0.15) is 0 Å². The molecule has 0 atom stereocenters. The molecule has 1 aliphatic heterocycles. The Kier molecular flexibility index (Phi) is 3.66. The molecule has 0 amide bonds. The summed E-state index contributed by atoms with van der Waals surface area (Å²) < 4.78 is 30.4. The number of hydrogen-bond acceptors (Lipinski definition) is 4. The highest BCUT2D eigenvalue weighted by atomic mass is 32.2. The second-order valence-corrected chi connectivity index (χ2v) is 5.45. The molecule has 6 heteroatoms. The van der Waals surface area contributed by atoms with Crippen LogP contribution >= 0.6 is 0 Å². The van der Waals surface area contributed by atoms with E-state index in [0.29, 0.717) is 25.5 Å². The Balaban J connectivity index is 2.21. The second-order valence-electron chi connectivity index (χ2n) is 3.62. The van der Waals surface area contributed by atoms with Crippen molar-refractivity contribution in [2.75, 3.05) is 19.8 Å². The van der Waals surface area contributed by atoms with Crippen molar-refractivity contribution >= 4 is 10.0 Å². The Labute approximate surface area is 101 Å². The predicted molar refractivity (Wildman–Crippen MR) is 62.1 cm³/mol. The number of hydrogen-bond donors (Lipinski definition) is 0. The lowest BCUT2D eigenvalue weighted by molar-refractivity contribution is -0.0284. The van der Waals surface area contributed by atoms with Gasteiger partial charge in [-0.05, 0) is 37.6 Å². The van der Waals surface area contributed by atoms with Gasteiger partial charge in [-0.1, -0.05) is 4.47 Å². The van der Waals surface area contributed by atoms with E-state index >= 15 is 0 Å². The van der Waals surface area contributed by atoms with Crippen LogP contribution in [0.3, 0.4) is 0 Å². The highest BCUT2D eigenvalue weighted by Gasteiger charge is 2.28. The average molecular weight is 257 g/mol. The molecule has 0 spiro atoms. The molecule has 1 saturated heterocycles. The molecule has 0 saturated carbocycles. The zero-order chi connectivity index (χ0) is 12.3. The van der Waals surface area contributed by atoms with Crippen LogP contribution in [0, 0.1) is 0 Å². The molecule has 1 fully saturated rings. The predicted octanol–water partition coefficient (Wildman–Crippen LogP) is 1.41. The van der Waals surface area contributed by atoms with E-state index in [2.05, 4.69) is 0 Å². The Morgan fingerprint density at radius 2 is 2.06 bits per heavy atom. The molecule has 1 heterocycles. The summed E-state index contributed by atoms with van der Waals surface area (Å²) in [5, 5.41) is 0. The molecule has 0 bridgehead atoms. The van der Waals surface area contributed by atoms with Crippen molar-refractivity contribution in [2.45, 2.75) is 18.2 Å². The third-order valence-electron chi connectivity index (χ3n) is 2.42. The highest BCUT2D eigenvalue weighted by Crippen LogP contribution is 2.22. The van der Waals surface area contributed by atoms with Crippen molar-refractivity contribution < 1.29 is 18.0 Å². The first-order valence-corrected chi connectivity index (χ1v) is 6.97. The van der Waals surface area contributed by atoms with Gasteiger partial charge in [0.05, 0.1) is 18.1 Å². The normalized spacial score (nSPS) is 17.2. The van der Waals surface area contributed by atoms with Crippen molar-refractivity contribution in [2.24, 2.45) is 0 Å². The summed E-state index contributed by atoms with van der Waals surface area (Å²) in [6, 6.07) is 6.35. The summed E-state index contributed by atoms with van der Waals surface area (Å²) in [6.07, 6.45) is 0.732. The molecular weight excluding hydrogens is 242 g/mol. The zero-order valence-corrected chi connectivity index (χ0v) is 10.4. The third kappa shape index (κ3) is 2.59. The first kappa shape index (κ1) is 12.3. The van der Waals surface area contributed by atoms with Crippen LogP contribution in [0.4, 0.5) is 0 Å². The van der Waals surface area contributed by atoms with E-state index in [1.54, 1.807) is 12.1 Å². The van der Waals surface area contributed by atoms with Gasteiger partial charge >= 0.3 is 0 Å². The van der Waals surface area contributed by atoms with Crippen LogP contribution < -0.4 is 4.74 Å². The molecule has 1 aromatic rings. The van der Waals surface area contributed by atoms with Gasteiger partial charge in [0.25, 0.3) is 10.0 Å². The van der Waals surface area contributed by atoms with Gasteiger partial charge in [-0.3, -0.25) is 4.84 Å². The topological polar surface area (TPSA) is 55.8 Å². The molecule has 0 radical (unpaired) electrons. The average Bonchev–Trinajstić information content (AvgIpc) is 2.84. The van der Waals surface area contributed by atoms with E-state index < -0.39 is 10.0 Å². The number of hydroxylamine groups is 1. The quantitative estimate of drug-likeness (QED) is 0.818. The lowest BCUT2D eigenvalue weighted by Gasteiger charge is -2.14. The van der Waals surface area contributed by atoms with Crippen molar-refractivity contribution in [1.82, 2.24) is 4.47 Å². The van der Waals surface area contributed by atoms with Gasteiger partial charge < -0.3 is 4.74 Å². The van der Waals surface area contributed by atoms with Crippen molar-refractivity contribution in [3.63, 3.8) is 0 Å². The lowest BCUT2D eigenvalue weighted by atomic mass is 10.3. The van der Waals surface area contributed by atoms with Crippen LogP contribution in [-0.4, -0.2) is 32.6 Å². The molecule has 0 aliphatic carbocycles. The summed E-state index contributed by atoms with van der Waals surface area (Å²) >= 11 is 0. The van der Waals surface area contributed by atoms with E-state index in [9.17, 15) is 8.42 Å². The highest BCUT2D eigenvalue weighted by molar-refractivity contribution is 7.89. The summed E-state index contributed by atoms with van der Waals surface area (Å²) in [5.41, 5.74) is 0. The molecule has 0 N–H and O–H groups in total. The third-order valence-corrected chi connectivity index (χ3v) is 4.11. The minimum Gasteiger partial charge on any atom is -0.494 e.